The fraction of sp³-hybridized carbons (Fsp3) is 0.647. The van der Waals surface area contributed by atoms with Crippen LogP contribution in [-0.4, -0.2) is 33.4 Å². The Morgan fingerprint density at radius 1 is 1.15 bits per heavy atom. The van der Waals surface area contributed by atoms with Gasteiger partial charge in [0, 0.05) is 19.8 Å². The zero-order chi connectivity index (χ0) is 14.0. The third kappa shape index (κ3) is 6.04. The van der Waals surface area contributed by atoms with E-state index in [1.54, 1.807) is 0 Å². The summed E-state index contributed by atoms with van der Waals surface area (Å²) < 4.78 is 5.64. The molecule has 20 heavy (non-hydrogen) atoms. The predicted molar refractivity (Wildman–Crippen MR) is 83.9 cm³/mol. The first-order valence-electron chi connectivity index (χ1n) is 7.90. The van der Waals surface area contributed by atoms with Crippen LogP contribution in [0.25, 0.3) is 0 Å². The molecule has 0 aliphatic heterocycles. The quantitative estimate of drug-likeness (QED) is 0.609. The molecule has 0 aromatic heterocycles. The van der Waals surface area contributed by atoms with E-state index in [4.69, 9.17) is 4.74 Å². The third-order valence-corrected chi connectivity index (χ3v) is 3.77. The molecule has 0 unspecified atom stereocenters. The van der Waals surface area contributed by atoms with Gasteiger partial charge in [0.15, 0.2) is 0 Å². The minimum atomic E-state index is 0.877. The van der Waals surface area contributed by atoms with Crippen LogP contribution in [-0.2, 0) is 17.7 Å². The third-order valence-electron chi connectivity index (χ3n) is 3.77. The summed E-state index contributed by atoms with van der Waals surface area (Å²) in [5.41, 5.74) is 2.86. The minimum absolute atomic E-state index is 0.877. The van der Waals surface area contributed by atoms with Gasteiger partial charge in [-0.3, -0.25) is 0 Å². The molecule has 2 rings (SSSR count). The van der Waals surface area contributed by atoms with E-state index in [2.05, 4.69) is 34.9 Å². The van der Waals surface area contributed by atoms with E-state index in [1.807, 2.05) is 7.05 Å². The van der Waals surface area contributed by atoms with Gasteiger partial charge in [-0.25, -0.2) is 0 Å². The van der Waals surface area contributed by atoms with Gasteiger partial charge in [-0.1, -0.05) is 24.3 Å². The van der Waals surface area contributed by atoms with Gasteiger partial charge in [0.1, 0.15) is 0 Å². The fourth-order valence-electron chi connectivity index (χ4n) is 2.29. The average Bonchev–Trinajstić information content (AvgIpc) is 3.29. The summed E-state index contributed by atoms with van der Waals surface area (Å²) >= 11 is 0. The van der Waals surface area contributed by atoms with E-state index in [0.717, 1.165) is 51.6 Å². The van der Waals surface area contributed by atoms with Gasteiger partial charge in [0.25, 0.3) is 0 Å². The summed E-state index contributed by atoms with van der Waals surface area (Å²) in [5.74, 6) is 0.877. The van der Waals surface area contributed by atoms with E-state index >= 15 is 0 Å². The molecule has 1 aliphatic rings. The molecule has 0 spiro atoms. The Morgan fingerprint density at radius 2 is 1.95 bits per heavy atom. The average molecular weight is 276 g/mol. The van der Waals surface area contributed by atoms with Crippen molar-refractivity contribution in [3.05, 3.63) is 35.4 Å². The molecule has 1 aromatic carbocycles. The van der Waals surface area contributed by atoms with Gasteiger partial charge in [-0.05, 0) is 62.9 Å². The van der Waals surface area contributed by atoms with Crippen molar-refractivity contribution in [1.29, 1.82) is 0 Å². The first-order valence-corrected chi connectivity index (χ1v) is 7.90. The van der Waals surface area contributed by atoms with Crippen molar-refractivity contribution in [2.75, 3.05) is 33.4 Å². The molecule has 0 radical (unpaired) electrons. The summed E-state index contributed by atoms with van der Waals surface area (Å²) in [6.07, 6.45) is 4.95. The summed E-state index contributed by atoms with van der Waals surface area (Å²) in [6, 6.07) is 8.70. The summed E-state index contributed by atoms with van der Waals surface area (Å²) in [6.45, 7) is 4.90. The van der Waals surface area contributed by atoms with Crippen molar-refractivity contribution in [2.24, 2.45) is 5.92 Å². The van der Waals surface area contributed by atoms with Crippen molar-refractivity contribution in [2.45, 2.75) is 32.2 Å². The summed E-state index contributed by atoms with van der Waals surface area (Å²) in [5, 5.41) is 6.73. The molecule has 0 atom stereocenters. The second kappa shape index (κ2) is 9.11. The van der Waals surface area contributed by atoms with Crippen LogP contribution in [0, 0.1) is 5.92 Å². The largest absolute Gasteiger partial charge is 0.381 e. The Hall–Kier alpha value is -0.900. The zero-order valence-electron chi connectivity index (χ0n) is 12.7. The molecule has 3 heteroatoms. The van der Waals surface area contributed by atoms with Crippen LogP contribution in [0.1, 0.15) is 30.4 Å². The lowest BCUT2D eigenvalue weighted by molar-refractivity contribution is 0.122. The monoisotopic (exact) mass is 276 g/mol. The van der Waals surface area contributed by atoms with Crippen molar-refractivity contribution < 1.29 is 4.74 Å². The molecule has 1 aromatic rings. The molecular weight excluding hydrogens is 248 g/mol. The topological polar surface area (TPSA) is 33.3 Å². The molecule has 1 saturated carbocycles. The molecule has 2 N–H and O–H groups in total. The van der Waals surface area contributed by atoms with Gasteiger partial charge in [-0.2, -0.15) is 0 Å². The fourth-order valence-corrected chi connectivity index (χ4v) is 2.29. The lowest BCUT2D eigenvalue weighted by atomic mass is 10.0. The number of hydrogen-bond acceptors (Lipinski definition) is 3. The van der Waals surface area contributed by atoms with E-state index in [-0.39, 0.29) is 0 Å². The molecule has 0 saturated heterocycles. The SMILES string of the molecule is CNCCc1ccccc1CNCCCOCC1CC1. The predicted octanol–water partition coefficient (Wildman–Crippen LogP) is 2.35. The number of ether oxygens (including phenoxy) is 1. The van der Waals surface area contributed by atoms with Crippen LogP contribution in [0.2, 0.25) is 0 Å². The second-order valence-electron chi connectivity index (χ2n) is 5.67. The van der Waals surface area contributed by atoms with Crippen LogP contribution in [0.15, 0.2) is 24.3 Å². The van der Waals surface area contributed by atoms with Crippen LogP contribution >= 0.6 is 0 Å². The summed E-state index contributed by atoms with van der Waals surface area (Å²) in [7, 11) is 2.00. The van der Waals surface area contributed by atoms with E-state index in [1.165, 1.54) is 24.0 Å². The Kier molecular flexibility index (Phi) is 7.06. The van der Waals surface area contributed by atoms with Gasteiger partial charge < -0.3 is 15.4 Å². The van der Waals surface area contributed by atoms with Gasteiger partial charge in [0.2, 0.25) is 0 Å². The maximum Gasteiger partial charge on any atom is 0.0494 e. The number of likely N-dealkylation sites (N-methyl/N-ethyl adjacent to an activating group) is 1. The Labute approximate surface area is 123 Å². The normalized spacial score (nSPS) is 14.7. The summed E-state index contributed by atoms with van der Waals surface area (Å²) in [4.78, 5) is 0. The van der Waals surface area contributed by atoms with Crippen molar-refractivity contribution in [3.8, 4) is 0 Å². The first-order chi connectivity index (χ1) is 9.90. The van der Waals surface area contributed by atoms with Gasteiger partial charge >= 0.3 is 0 Å². The Balaban J connectivity index is 1.57. The van der Waals surface area contributed by atoms with Crippen molar-refractivity contribution in [3.63, 3.8) is 0 Å². The molecular formula is C17H28N2O. The Morgan fingerprint density at radius 3 is 2.70 bits per heavy atom. The number of hydrogen-bond donors (Lipinski definition) is 2. The highest BCUT2D eigenvalue weighted by Crippen LogP contribution is 2.28. The van der Waals surface area contributed by atoms with Crippen molar-refractivity contribution >= 4 is 0 Å². The maximum absolute atomic E-state index is 5.64. The minimum Gasteiger partial charge on any atom is -0.381 e. The highest BCUT2D eigenvalue weighted by atomic mass is 16.5. The van der Waals surface area contributed by atoms with Gasteiger partial charge in [0.05, 0.1) is 0 Å². The highest BCUT2D eigenvalue weighted by molar-refractivity contribution is 5.27. The van der Waals surface area contributed by atoms with Crippen molar-refractivity contribution in [1.82, 2.24) is 10.6 Å². The van der Waals surface area contributed by atoms with Crippen LogP contribution in [0.5, 0.6) is 0 Å². The van der Waals surface area contributed by atoms with E-state index < -0.39 is 0 Å². The molecule has 1 fully saturated rings. The molecule has 112 valence electrons. The van der Waals surface area contributed by atoms with E-state index in [0.29, 0.717) is 0 Å². The zero-order valence-corrected chi connectivity index (χ0v) is 12.7. The van der Waals surface area contributed by atoms with Crippen LogP contribution in [0.3, 0.4) is 0 Å². The number of rotatable bonds is 11. The molecule has 1 aliphatic carbocycles. The lowest BCUT2D eigenvalue weighted by Crippen LogP contribution is -2.18. The smallest absolute Gasteiger partial charge is 0.0494 e. The van der Waals surface area contributed by atoms with E-state index in [9.17, 15) is 0 Å². The second-order valence-corrected chi connectivity index (χ2v) is 5.67. The lowest BCUT2D eigenvalue weighted by Gasteiger charge is -2.10. The standard InChI is InChI=1S/C17H28N2O/c1-18-11-9-16-5-2-3-6-17(16)13-19-10-4-12-20-14-15-7-8-15/h2-3,5-6,15,18-19H,4,7-14H2,1H3. The molecule has 0 amide bonds. The first kappa shape index (κ1) is 15.5. The number of nitrogens with one attached hydrogen (secondary N) is 2. The molecule has 0 heterocycles. The van der Waals surface area contributed by atoms with Crippen LogP contribution < -0.4 is 10.6 Å². The maximum atomic E-state index is 5.64. The Bertz CT molecular complexity index is 377. The molecule has 3 nitrogen and oxygen atoms in total. The number of benzene rings is 1. The van der Waals surface area contributed by atoms with Gasteiger partial charge in [-0.15, -0.1) is 0 Å². The van der Waals surface area contributed by atoms with Crippen LogP contribution in [0.4, 0.5) is 0 Å². The highest BCUT2D eigenvalue weighted by Gasteiger charge is 2.20. The molecule has 0 bridgehead atoms.